The van der Waals surface area contributed by atoms with E-state index in [-0.39, 0.29) is 22.2 Å². The summed E-state index contributed by atoms with van der Waals surface area (Å²) >= 11 is 3.55. The fourth-order valence-corrected chi connectivity index (χ4v) is 2.18. The van der Waals surface area contributed by atoms with E-state index in [4.69, 9.17) is 0 Å². The third-order valence-corrected chi connectivity index (χ3v) is 4.81. The Hall–Kier alpha value is -0.0500. The first kappa shape index (κ1) is 14.0. The highest BCUT2D eigenvalue weighted by Gasteiger charge is 2.29. The van der Waals surface area contributed by atoms with Crippen LogP contribution in [0.3, 0.4) is 0 Å². The summed E-state index contributed by atoms with van der Waals surface area (Å²) in [6.45, 7) is 6.22. The number of hydrogen-bond donors (Lipinski definition) is 1. The minimum absolute atomic E-state index is 0.163. The van der Waals surface area contributed by atoms with Crippen molar-refractivity contribution >= 4 is 21.8 Å². The van der Waals surface area contributed by atoms with Crippen molar-refractivity contribution < 1.29 is 4.79 Å². The zero-order valence-corrected chi connectivity index (χ0v) is 12.3. The van der Waals surface area contributed by atoms with Crippen LogP contribution in [0.5, 0.6) is 0 Å². The minimum atomic E-state index is -0.163. The molecule has 0 spiro atoms. The van der Waals surface area contributed by atoms with Gasteiger partial charge in [0.2, 0.25) is 5.91 Å². The Morgan fingerprint density at radius 2 is 1.75 bits per heavy atom. The van der Waals surface area contributed by atoms with Crippen LogP contribution in [0.4, 0.5) is 0 Å². The van der Waals surface area contributed by atoms with Gasteiger partial charge in [-0.15, -0.1) is 0 Å². The molecule has 0 aromatic carbocycles. The van der Waals surface area contributed by atoms with Crippen molar-refractivity contribution in [2.75, 3.05) is 0 Å². The summed E-state index contributed by atoms with van der Waals surface area (Å²) in [7, 11) is 0. The number of alkyl halides is 1. The molecule has 1 saturated carbocycles. The Bertz CT molecular complexity index is 230. The van der Waals surface area contributed by atoms with Gasteiger partial charge in [0.05, 0.1) is 0 Å². The average Bonchev–Trinajstić information content (AvgIpc) is 2.44. The molecule has 2 nitrogen and oxygen atoms in total. The first-order valence-electron chi connectivity index (χ1n) is 6.39. The van der Waals surface area contributed by atoms with Crippen molar-refractivity contribution in [2.24, 2.45) is 5.92 Å². The summed E-state index contributed by atoms with van der Waals surface area (Å²) in [6, 6.07) is 0. The lowest BCUT2D eigenvalue weighted by atomic mass is 9.95. The summed E-state index contributed by atoms with van der Waals surface area (Å²) in [4.78, 5) is 12.4. The lowest BCUT2D eigenvalue weighted by Crippen LogP contribution is -2.50. The molecule has 1 fully saturated rings. The zero-order chi connectivity index (χ0) is 12.2. The second kappa shape index (κ2) is 6.04. The van der Waals surface area contributed by atoms with Crippen LogP contribution in [-0.4, -0.2) is 16.3 Å². The molecule has 1 aliphatic rings. The third-order valence-electron chi connectivity index (χ3n) is 3.67. The molecule has 0 aliphatic heterocycles. The van der Waals surface area contributed by atoms with Gasteiger partial charge < -0.3 is 5.32 Å². The summed E-state index contributed by atoms with van der Waals surface area (Å²) in [5, 5.41) is 3.17. The van der Waals surface area contributed by atoms with Crippen LogP contribution in [0.2, 0.25) is 0 Å². The van der Waals surface area contributed by atoms with Crippen LogP contribution >= 0.6 is 15.9 Å². The fraction of sp³-hybridized carbons (Fsp3) is 0.923. The minimum Gasteiger partial charge on any atom is -0.350 e. The molecule has 0 aromatic rings. The summed E-state index contributed by atoms with van der Waals surface area (Å²) < 4.78 is 0. The number of nitrogens with one attached hydrogen (secondary N) is 1. The molecule has 1 amide bonds. The van der Waals surface area contributed by atoms with Crippen LogP contribution in [0, 0.1) is 5.92 Å². The summed E-state index contributed by atoms with van der Waals surface area (Å²) in [6.07, 6.45) is 7.14. The Morgan fingerprint density at radius 1 is 1.25 bits per heavy atom. The molecular weight excluding hydrogens is 266 g/mol. The molecule has 1 aliphatic carbocycles. The number of rotatable bonds is 3. The maximum Gasteiger partial charge on any atom is 0.223 e. The second-order valence-electron chi connectivity index (χ2n) is 5.52. The lowest BCUT2D eigenvalue weighted by molar-refractivity contribution is -0.127. The Balaban J connectivity index is 2.50. The topological polar surface area (TPSA) is 29.1 Å². The number of amides is 1. The average molecular weight is 290 g/mol. The molecule has 0 aromatic heterocycles. The highest BCUT2D eigenvalue weighted by molar-refractivity contribution is 9.09. The van der Waals surface area contributed by atoms with E-state index in [1.165, 1.54) is 25.7 Å². The maximum atomic E-state index is 12.1. The van der Waals surface area contributed by atoms with E-state index < -0.39 is 0 Å². The van der Waals surface area contributed by atoms with Gasteiger partial charge in [0, 0.05) is 16.3 Å². The van der Waals surface area contributed by atoms with Crippen LogP contribution in [0.1, 0.15) is 59.3 Å². The Kier molecular flexibility index (Phi) is 5.29. The summed E-state index contributed by atoms with van der Waals surface area (Å²) in [5.41, 5.74) is -0.163. The molecule has 1 atom stereocenters. The van der Waals surface area contributed by atoms with Gasteiger partial charge >= 0.3 is 0 Å². The van der Waals surface area contributed by atoms with Crippen molar-refractivity contribution in [3.8, 4) is 0 Å². The highest BCUT2D eigenvalue weighted by atomic mass is 79.9. The van der Waals surface area contributed by atoms with E-state index in [2.05, 4.69) is 42.0 Å². The molecule has 1 rings (SSSR count). The predicted octanol–water partition coefficient (Wildman–Crippen LogP) is 3.64. The van der Waals surface area contributed by atoms with Gasteiger partial charge in [0.25, 0.3) is 0 Å². The quantitative estimate of drug-likeness (QED) is 0.624. The highest BCUT2D eigenvalue weighted by Crippen LogP contribution is 2.24. The van der Waals surface area contributed by atoms with Crippen molar-refractivity contribution in [3.63, 3.8) is 0 Å². The van der Waals surface area contributed by atoms with Gasteiger partial charge in [-0.25, -0.2) is 0 Å². The summed E-state index contributed by atoms with van der Waals surface area (Å²) in [5.74, 6) is 0.492. The van der Waals surface area contributed by atoms with E-state index >= 15 is 0 Å². The number of hydrogen-bond acceptors (Lipinski definition) is 1. The standard InChI is InChI=1S/C13H24BrNO/c1-10(14)13(2,3)15-12(16)11-8-6-4-5-7-9-11/h10-11H,4-9H2,1-3H3,(H,15,16). The first-order valence-corrected chi connectivity index (χ1v) is 7.31. The molecule has 0 saturated heterocycles. The zero-order valence-electron chi connectivity index (χ0n) is 10.7. The molecular formula is C13H24BrNO. The molecule has 16 heavy (non-hydrogen) atoms. The third kappa shape index (κ3) is 4.08. The van der Waals surface area contributed by atoms with Crippen molar-refractivity contribution in [3.05, 3.63) is 0 Å². The Morgan fingerprint density at radius 3 is 2.19 bits per heavy atom. The largest absolute Gasteiger partial charge is 0.350 e. The van der Waals surface area contributed by atoms with E-state index in [1.54, 1.807) is 0 Å². The van der Waals surface area contributed by atoms with Crippen molar-refractivity contribution in [2.45, 2.75) is 69.7 Å². The maximum absolute atomic E-state index is 12.1. The number of halogens is 1. The second-order valence-corrected chi connectivity index (χ2v) is 6.89. The van der Waals surface area contributed by atoms with Crippen LogP contribution < -0.4 is 5.32 Å². The number of carbonyl (C=O) groups excluding carboxylic acids is 1. The fourth-order valence-electron chi connectivity index (χ4n) is 2.06. The van der Waals surface area contributed by atoms with Gasteiger partial charge in [-0.1, -0.05) is 48.5 Å². The van der Waals surface area contributed by atoms with E-state index in [1.807, 2.05) is 0 Å². The predicted molar refractivity (Wildman–Crippen MR) is 71.8 cm³/mol. The van der Waals surface area contributed by atoms with Gasteiger partial charge in [0.15, 0.2) is 0 Å². The lowest BCUT2D eigenvalue weighted by Gasteiger charge is -2.31. The van der Waals surface area contributed by atoms with E-state index in [0.29, 0.717) is 0 Å². The SMILES string of the molecule is CC(Br)C(C)(C)NC(=O)C1CCCCCC1. The van der Waals surface area contributed by atoms with Gasteiger partial charge in [-0.2, -0.15) is 0 Å². The van der Waals surface area contributed by atoms with Crippen LogP contribution in [0.15, 0.2) is 0 Å². The molecule has 3 heteroatoms. The normalized spacial score (nSPS) is 21.2. The smallest absolute Gasteiger partial charge is 0.223 e. The first-order chi connectivity index (χ1) is 7.43. The molecule has 94 valence electrons. The van der Waals surface area contributed by atoms with Gasteiger partial charge in [-0.05, 0) is 26.7 Å². The van der Waals surface area contributed by atoms with Crippen molar-refractivity contribution in [1.82, 2.24) is 5.32 Å². The van der Waals surface area contributed by atoms with Crippen molar-refractivity contribution in [1.29, 1.82) is 0 Å². The van der Waals surface area contributed by atoms with Gasteiger partial charge in [-0.3, -0.25) is 4.79 Å². The Labute approximate surface area is 108 Å². The van der Waals surface area contributed by atoms with E-state index in [0.717, 1.165) is 12.8 Å². The number of carbonyl (C=O) groups is 1. The van der Waals surface area contributed by atoms with E-state index in [9.17, 15) is 4.79 Å². The van der Waals surface area contributed by atoms with Gasteiger partial charge in [0.1, 0.15) is 0 Å². The molecule has 0 radical (unpaired) electrons. The molecule has 0 heterocycles. The molecule has 1 unspecified atom stereocenters. The monoisotopic (exact) mass is 289 g/mol. The van der Waals surface area contributed by atoms with Crippen LogP contribution in [-0.2, 0) is 4.79 Å². The van der Waals surface area contributed by atoms with Crippen LogP contribution in [0.25, 0.3) is 0 Å². The molecule has 1 N–H and O–H groups in total. The molecule has 0 bridgehead atoms.